The number of methoxy groups -OCH3 is 3. The number of fused-ring (bicyclic) bond motifs is 4. The van der Waals surface area contributed by atoms with E-state index >= 15 is 0 Å². The maximum absolute atomic E-state index is 14.6. The summed E-state index contributed by atoms with van der Waals surface area (Å²) in [5.41, 5.74) is 2.38. The lowest BCUT2D eigenvalue weighted by Gasteiger charge is -2.47. The fourth-order valence-electron chi connectivity index (χ4n) is 11.3. The topological polar surface area (TPSA) is 193 Å². The summed E-state index contributed by atoms with van der Waals surface area (Å²) in [6.45, 7) is 13.8. The van der Waals surface area contributed by atoms with Crippen LogP contribution in [-0.4, -0.2) is 137 Å². The summed E-state index contributed by atoms with van der Waals surface area (Å²) < 4.78 is 39.2. The van der Waals surface area contributed by atoms with Crippen LogP contribution < -0.4 is 4.74 Å². The number of aromatic nitrogens is 1. The van der Waals surface area contributed by atoms with Crippen LogP contribution in [0.3, 0.4) is 0 Å². The molecular formula is C54H80N2O13. The third-order valence-electron chi connectivity index (χ3n) is 15.6. The molecule has 0 spiro atoms. The Bertz CT molecular complexity index is 2150. The number of aliphatic hydroxyl groups excluding tert-OH is 2. The Morgan fingerprint density at radius 1 is 0.899 bits per heavy atom. The molecule has 15 heteroatoms. The number of benzene rings is 1. The van der Waals surface area contributed by atoms with Crippen LogP contribution in [0, 0.1) is 29.6 Å². The van der Waals surface area contributed by atoms with E-state index in [9.17, 15) is 34.5 Å². The number of amides is 1. The Kier molecular flexibility index (Phi) is 18.9. The predicted octanol–water partition coefficient (Wildman–Crippen LogP) is 6.90. The molecule has 15 unspecified atom stereocenters. The van der Waals surface area contributed by atoms with Crippen molar-refractivity contribution in [2.45, 2.75) is 186 Å². The van der Waals surface area contributed by atoms with E-state index < -0.39 is 89.8 Å². The van der Waals surface area contributed by atoms with Crippen molar-refractivity contribution in [3.63, 3.8) is 0 Å². The molecule has 1 aromatic carbocycles. The average molecular weight is 965 g/mol. The molecule has 3 aliphatic heterocycles. The zero-order valence-electron chi connectivity index (χ0n) is 42.6. The highest BCUT2D eigenvalue weighted by atomic mass is 16.7. The van der Waals surface area contributed by atoms with Gasteiger partial charge in [0, 0.05) is 75.7 Å². The highest BCUT2D eigenvalue weighted by Gasteiger charge is 2.57. The van der Waals surface area contributed by atoms with E-state index in [1.165, 1.54) is 19.1 Å². The molecule has 1 amide bonds. The summed E-state index contributed by atoms with van der Waals surface area (Å²) in [5.74, 6) is -7.80. The van der Waals surface area contributed by atoms with Gasteiger partial charge in [0.05, 0.1) is 30.5 Å². The number of piperidine rings is 1. The van der Waals surface area contributed by atoms with Gasteiger partial charge in [-0.05, 0) is 125 Å². The van der Waals surface area contributed by atoms with Gasteiger partial charge in [-0.2, -0.15) is 0 Å². The normalized spacial score (nSPS) is 37.1. The summed E-state index contributed by atoms with van der Waals surface area (Å²) in [6, 6.07) is 7.09. The van der Waals surface area contributed by atoms with Crippen molar-refractivity contribution >= 4 is 34.3 Å². The van der Waals surface area contributed by atoms with Gasteiger partial charge in [0.1, 0.15) is 35.9 Å². The number of allylic oxidation sites excluding steroid dienone is 2. The first-order valence-electron chi connectivity index (χ1n) is 25.4. The third-order valence-corrected chi connectivity index (χ3v) is 15.6. The Morgan fingerprint density at radius 2 is 1.61 bits per heavy atom. The fourth-order valence-corrected chi connectivity index (χ4v) is 11.3. The van der Waals surface area contributed by atoms with Gasteiger partial charge in [-0.15, -0.1) is 0 Å². The molecule has 1 aliphatic carbocycles. The third kappa shape index (κ3) is 12.2. The van der Waals surface area contributed by atoms with Gasteiger partial charge >= 0.3 is 5.97 Å². The minimum atomic E-state index is -2.58. The van der Waals surface area contributed by atoms with E-state index in [-0.39, 0.29) is 56.1 Å². The number of carbonyl (C=O) groups excluding carboxylic acids is 4. The van der Waals surface area contributed by atoms with Gasteiger partial charge in [-0.1, -0.05) is 46.8 Å². The number of rotatable bonds is 10. The largest absolute Gasteiger partial charge is 0.488 e. The van der Waals surface area contributed by atoms with Crippen LogP contribution in [0.4, 0.5) is 0 Å². The molecule has 384 valence electrons. The molecule has 1 aromatic heterocycles. The molecule has 6 rings (SSSR count). The van der Waals surface area contributed by atoms with Gasteiger partial charge in [0.15, 0.2) is 0 Å². The minimum Gasteiger partial charge on any atom is -0.488 e. The minimum absolute atomic E-state index is 0.00980. The lowest BCUT2D eigenvalue weighted by atomic mass is 9.81. The number of ketones is 2. The molecule has 15 atom stereocenters. The number of carbonyl (C=O) groups is 4. The van der Waals surface area contributed by atoms with Crippen molar-refractivity contribution in [2.24, 2.45) is 29.6 Å². The van der Waals surface area contributed by atoms with Crippen LogP contribution in [0.15, 0.2) is 53.8 Å². The first-order chi connectivity index (χ1) is 32.9. The molecule has 2 bridgehead atoms. The van der Waals surface area contributed by atoms with Crippen LogP contribution in [0.25, 0.3) is 10.9 Å². The highest BCUT2D eigenvalue weighted by molar-refractivity contribution is 6.39. The second kappa shape index (κ2) is 24.0. The van der Waals surface area contributed by atoms with Crippen LogP contribution in [0.1, 0.15) is 119 Å². The maximum atomic E-state index is 14.6. The van der Waals surface area contributed by atoms with Crippen molar-refractivity contribution < 1.29 is 62.9 Å². The smallest absolute Gasteiger partial charge is 0.329 e. The zero-order chi connectivity index (χ0) is 50.3. The summed E-state index contributed by atoms with van der Waals surface area (Å²) in [4.78, 5) is 58.6. The number of esters is 1. The van der Waals surface area contributed by atoms with E-state index in [2.05, 4.69) is 42.0 Å². The summed E-state index contributed by atoms with van der Waals surface area (Å²) in [6.07, 6.45) is 4.70. The molecule has 0 radical (unpaired) electrons. The lowest BCUT2D eigenvalue weighted by molar-refractivity contribution is -0.302. The van der Waals surface area contributed by atoms with E-state index in [0.29, 0.717) is 43.3 Å². The van der Waals surface area contributed by atoms with Crippen LogP contribution in [0.2, 0.25) is 0 Å². The molecule has 69 heavy (non-hydrogen) atoms. The van der Waals surface area contributed by atoms with Crippen molar-refractivity contribution in [1.29, 1.82) is 0 Å². The summed E-state index contributed by atoms with van der Waals surface area (Å²) in [5, 5.41) is 36.8. The average Bonchev–Trinajstić information content (AvgIpc) is 3.75. The number of ether oxygens (including phenoxy) is 6. The molecule has 4 heterocycles. The Morgan fingerprint density at radius 3 is 2.29 bits per heavy atom. The van der Waals surface area contributed by atoms with Crippen molar-refractivity contribution in [2.75, 3.05) is 27.9 Å². The van der Waals surface area contributed by atoms with Gasteiger partial charge in [0.25, 0.3) is 11.7 Å². The number of cyclic esters (lactones) is 1. The summed E-state index contributed by atoms with van der Waals surface area (Å²) >= 11 is 0. The molecule has 3 fully saturated rings. The Balaban J connectivity index is 1.30. The number of aryl methyl sites for hydroxylation is 1. The number of nitrogens with zero attached hydrogens (tertiary/aromatic N) is 2. The van der Waals surface area contributed by atoms with Gasteiger partial charge < -0.3 is 53.2 Å². The van der Waals surface area contributed by atoms with Crippen LogP contribution in [0.5, 0.6) is 5.75 Å². The molecule has 3 N–H and O–H groups in total. The molecule has 2 aromatic rings. The van der Waals surface area contributed by atoms with Gasteiger partial charge in [-0.25, -0.2) is 4.79 Å². The van der Waals surface area contributed by atoms with Crippen molar-refractivity contribution in [1.82, 2.24) is 9.47 Å². The van der Waals surface area contributed by atoms with Crippen molar-refractivity contribution in [3.05, 3.63) is 53.8 Å². The molecular weight excluding hydrogens is 885 g/mol. The van der Waals surface area contributed by atoms with E-state index in [1.54, 1.807) is 34.0 Å². The van der Waals surface area contributed by atoms with Gasteiger partial charge in [0.2, 0.25) is 5.79 Å². The van der Waals surface area contributed by atoms with Crippen molar-refractivity contribution in [3.8, 4) is 5.75 Å². The number of hydrogen-bond donors (Lipinski definition) is 3. The number of aliphatic hydroxyl groups is 3. The van der Waals surface area contributed by atoms with E-state index in [1.807, 2.05) is 26.8 Å². The SMILES string of the molecule is CCCn1ccc2cc(OC3CCC(C=C(C)C4OC(=O)C5CCCCN5C(=O)C(=O)C5(O)OC(C(OC)CC(C)C(O)/C(C)=C/C(CC)C(=O)CC(O)C4C)C(OC)CC5C)CC3OC)ccc21. The second-order valence-corrected chi connectivity index (χ2v) is 20.5. The van der Waals surface area contributed by atoms with E-state index in [4.69, 9.17) is 28.4 Å². The fraction of sp³-hybridized carbons (Fsp3) is 0.704. The Labute approximate surface area is 408 Å². The predicted molar refractivity (Wildman–Crippen MR) is 260 cm³/mol. The maximum Gasteiger partial charge on any atom is 0.329 e. The Hall–Kier alpha value is -3.96. The lowest BCUT2D eigenvalue weighted by Crippen LogP contribution is -2.64. The molecule has 15 nitrogen and oxygen atoms in total. The monoisotopic (exact) mass is 965 g/mol. The quantitative estimate of drug-likeness (QED) is 0.127. The number of Topliss-reactive ketones (excluding diaryl/α,β-unsaturated/α-hetero) is 2. The first-order valence-corrected chi connectivity index (χ1v) is 25.4. The summed E-state index contributed by atoms with van der Waals surface area (Å²) in [7, 11) is 4.64. The number of hydrogen-bond acceptors (Lipinski definition) is 13. The van der Waals surface area contributed by atoms with Crippen LogP contribution >= 0.6 is 0 Å². The zero-order valence-corrected chi connectivity index (χ0v) is 42.6. The standard InChI is InChI=1S/C54H80N2O13/c1-11-21-55-23-20-38-29-39(17-18-40(38)55)67-44-19-16-36(28-45(44)64-8)24-33(5)49-35(7)42(57)30-43(58)37(12-2)25-31(3)48(59)32(4)26-46(65-9)50-47(66-10)27-34(6)54(63,69-50)51(60)52(61)56-22-14-13-15-41(56)53(62)68-49/h17-18,20,23-25,29,32,34-37,41-42,44-50,57,59,63H,11-16,19,21-22,26-28,30H2,1-10H3/b31-25+,33-24?. The molecule has 4 aliphatic rings. The van der Waals surface area contributed by atoms with Crippen LogP contribution in [-0.2, 0) is 49.4 Å². The second-order valence-electron chi connectivity index (χ2n) is 20.5. The van der Waals surface area contributed by atoms with E-state index in [0.717, 1.165) is 36.0 Å². The molecule has 1 saturated carbocycles. The highest BCUT2D eigenvalue weighted by Crippen LogP contribution is 2.40. The first kappa shape index (κ1) is 54.4. The van der Waals surface area contributed by atoms with Gasteiger partial charge in [-0.3, -0.25) is 14.4 Å². The molecule has 2 saturated heterocycles.